The molecule has 0 aliphatic heterocycles. The summed E-state index contributed by atoms with van der Waals surface area (Å²) < 4.78 is 33.3. The molecule has 0 spiro atoms. The molecule has 5 heteroatoms. The number of benzene rings is 1. The van der Waals surface area contributed by atoms with Crippen molar-refractivity contribution in [2.45, 2.75) is 43.9 Å². The number of ether oxygens (including phenoxy) is 1. The van der Waals surface area contributed by atoms with E-state index in [1.165, 1.54) is 0 Å². The van der Waals surface area contributed by atoms with E-state index < -0.39 is 23.0 Å². The van der Waals surface area contributed by atoms with Gasteiger partial charge in [-0.15, -0.1) is 0 Å². The Kier molecular flexibility index (Phi) is 3.59. The first-order valence-electron chi connectivity index (χ1n) is 7.39. The molecule has 1 aromatic rings. The van der Waals surface area contributed by atoms with Crippen LogP contribution in [0.25, 0.3) is 0 Å². The molecule has 0 bridgehead atoms. The van der Waals surface area contributed by atoms with Crippen molar-refractivity contribution in [3.8, 4) is 5.75 Å². The molecule has 2 fully saturated rings. The lowest BCUT2D eigenvalue weighted by atomic mass is 9.78. The van der Waals surface area contributed by atoms with Gasteiger partial charge in [-0.25, -0.2) is 8.78 Å². The lowest BCUT2D eigenvalue weighted by Gasteiger charge is -2.27. The molecule has 114 valence electrons. The molecule has 3 nitrogen and oxygen atoms in total. The summed E-state index contributed by atoms with van der Waals surface area (Å²) in [6.07, 6.45) is 4.36. The van der Waals surface area contributed by atoms with Crippen molar-refractivity contribution in [3.05, 3.63) is 29.3 Å². The summed E-state index contributed by atoms with van der Waals surface area (Å²) >= 11 is 0. The molecule has 0 unspecified atom stereocenters. The van der Waals surface area contributed by atoms with Crippen LogP contribution in [-0.2, 0) is 10.2 Å². The van der Waals surface area contributed by atoms with Crippen LogP contribution in [0.5, 0.6) is 5.75 Å². The summed E-state index contributed by atoms with van der Waals surface area (Å²) in [7, 11) is 0. The average molecular weight is 296 g/mol. The molecule has 2 saturated carbocycles. The molecule has 0 amide bonds. The molecule has 2 aliphatic rings. The molecule has 21 heavy (non-hydrogen) atoms. The second kappa shape index (κ2) is 5.28. The number of aliphatic carboxylic acids is 1. The van der Waals surface area contributed by atoms with E-state index in [0.29, 0.717) is 25.4 Å². The van der Waals surface area contributed by atoms with Gasteiger partial charge in [0, 0.05) is 11.6 Å². The number of carboxylic acid groups (broad SMARTS) is 1. The first-order chi connectivity index (χ1) is 10.0. The molecule has 0 aromatic heterocycles. The Morgan fingerprint density at radius 3 is 2.52 bits per heavy atom. The lowest BCUT2D eigenvalue weighted by molar-refractivity contribution is -0.143. The average Bonchev–Trinajstić information content (AvgIpc) is 3.11. The van der Waals surface area contributed by atoms with Crippen molar-refractivity contribution in [2.24, 2.45) is 5.92 Å². The minimum Gasteiger partial charge on any atom is -0.490 e. The van der Waals surface area contributed by atoms with E-state index in [2.05, 4.69) is 0 Å². The second-order valence-electron chi connectivity index (χ2n) is 6.11. The van der Waals surface area contributed by atoms with Crippen LogP contribution < -0.4 is 4.74 Å². The Morgan fingerprint density at radius 1 is 1.29 bits per heavy atom. The van der Waals surface area contributed by atoms with E-state index in [4.69, 9.17) is 4.74 Å². The maximum absolute atomic E-state index is 14.1. The predicted octanol–water partition coefficient (Wildman–Crippen LogP) is 3.65. The highest BCUT2D eigenvalue weighted by Crippen LogP contribution is 2.46. The summed E-state index contributed by atoms with van der Waals surface area (Å²) in [6, 6.07) is 1.89. The number of hydrogen-bond donors (Lipinski definition) is 1. The summed E-state index contributed by atoms with van der Waals surface area (Å²) in [5.74, 6) is -2.26. The monoisotopic (exact) mass is 296 g/mol. The Bertz CT molecular complexity index is 561. The van der Waals surface area contributed by atoms with E-state index in [1.807, 2.05) is 0 Å². The van der Waals surface area contributed by atoms with Gasteiger partial charge in [0.1, 0.15) is 5.82 Å². The van der Waals surface area contributed by atoms with Crippen molar-refractivity contribution in [3.63, 3.8) is 0 Å². The molecule has 3 rings (SSSR count). The Labute approximate surface area is 121 Å². The zero-order valence-corrected chi connectivity index (χ0v) is 11.7. The molecule has 0 saturated heterocycles. The predicted molar refractivity (Wildman–Crippen MR) is 72.4 cm³/mol. The molecule has 1 aromatic carbocycles. The number of hydrogen-bond acceptors (Lipinski definition) is 2. The van der Waals surface area contributed by atoms with Crippen LogP contribution >= 0.6 is 0 Å². The number of carbonyl (C=O) groups is 1. The van der Waals surface area contributed by atoms with Gasteiger partial charge in [-0.3, -0.25) is 4.79 Å². The summed E-state index contributed by atoms with van der Waals surface area (Å²) in [4.78, 5) is 11.7. The van der Waals surface area contributed by atoms with E-state index in [-0.39, 0.29) is 11.3 Å². The van der Waals surface area contributed by atoms with E-state index in [0.717, 1.165) is 37.8 Å². The van der Waals surface area contributed by atoms with E-state index in [9.17, 15) is 18.7 Å². The molecule has 1 N–H and O–H groups in total. The normalized spacial score (nSPS) is 20.5. The third kappa shape index (κ3) is 2.61. The zero-order valence-electron chi connectivity index (χ0n) is 11.7. The van der Waals surface area contributed by atoms with Crippen LogP contribution in [-0.4, -0.2) is 17.7 Å². The third-order valence-corrected chi connectivity index (χ3v) is 4.55. The van der Waals surface area contributed by atoms with Crippen LogP contribution in [0.15, 0.2) is 12.1 Å². The Hall–Kier alpha value is -1.65. The fourth-order valence-electron chi connectivity index (χ4n) is 3.13. The van der Waals surface area contributed by atoms with E-state index in [1.54, 1.807) is 0 Å². The largest absolute Gasteiger partial charge is 0.490 e. The quantitative estimate of drug-likeness (QED) is 0.902. The standard InChI is InChI=1S/C16H18F2O3/c17-11-7-12(16(15(19)20)5-1-2-6-16)14(13(18)8-11)21-9-10-3-4-10/h7-8,10H,1-6,9H2,(H,19,20). The Morgan fingerprint density at radius 2 is 1.95 bits per heavy atom. The second-order valence-corrected chi connectivity index (χ2v) is 6.11. The van der Waals surface area contributed by atoms with Gasteiger partial charge in [0.2, 0.25) is 0 Å². The molecule has 2 aliphatic carbocycles. The maximum Gasteiger partial charge on any atom is 0.314 e. The van der Waals surface area contributed by atoms with Crippen molar-refractivity contribution in [2.75, 3.05) is 6.61 Å². The van der Waals surface area contributed by atoms with Gasteiger partial charge in [0.15, 0.2) is 11.6 Å². The fraction of sp³-hybridized carbons (Fsp3) is 0.562. The first-order valence-corrected chi connectivity index (χ1v) is 7.39. The van der Waals surface area contributed by atoms with Gasteiger partial charge in [-0.2, -0.15) is 0 Å². The smallest absolute Gasteiger partial charge is 0.314 e. The summed E-state index contributed by atoms with van der Waals surface area (Å²) in [5, 5.41) is 9.61. The lowest BCUT2D eigenvalue weighted by Crippen LogP contribution is -2.33. The first kappa shape index (κ1) is 14.3. The van der Waals surface area contributed by atoms with Crippen molar-refractivity contribution >= 4 is 5.97 Å². The van der Waals surface area contributed by atoms with Crippen molar-refractivity contribution in [1.82, 2.24) is 0 Å². The highest BCUT2D eigenvalue weighted by molar-refractivity contribution is 5.83. The van der Waals surface area contributed by atoms with Gasteiger partial charge in [0.25, 0.3) is 0 Å². The van der Waals surface area contributed by atoms with Crippen LogP contribution in [0.3, 0.4) is 0 Å². The van der Waals surface area contributed by atoms with Crippen LogP contribution in [0.4, 0.5) is 8.78 Å². The molecular formula is C16H18F2O3. The summed E-state index contributed by atoms with van der Waals surface area (Å²) in [5.41, 5.74) is -1.06. The van der Waals surface area contributed by atoms with Gasteiger partial charge in [-0.1, -0.05) is 12.8 Å². The van der Waals surface area contributed by atoms with Gasteiger partial charge < -0.3 is 9.84 Å². The van der Waals surface area contributed by atoms with Gasteiger partial charge in [-0.05, 0) is 37.7 Å². The third-order valence-electron chi connectivity index (χ3n) is 4.55. The molecule has 0 heterocycles. The van der Waals surface area contributed by atoms with Gasteiger partial charge >= 0.3 is 5.97 Å². The van der Waals surface area contributed by atoms with Crippen LogP contribution in [0.2, 0.25) is 0 Å². The topological polar surface area (TPSA) is 46.5 Å². The number of rotatable bonds is 5. The van der Waals surface area contributed by atoms with Gasteiger partial charge in [0.05, 0.1) is 12.0 Å². The van der Waals surface area contributed by atoms with E-state index >= 15 is 0 Å². The molecule has 0 atom stereocenters. The summed E-state index contributed by atoms with van der Waals surface area (Å²) in [6.45, 7) is 0.366. The number of carboxylic acids is 1. The molecular weight excluding hydrogens is 278 g/mol. The van der Waals surface area contributed by atoms with Crippen molar-refractivity contribution < 1.29 is 23.4 Å². The number of halogens is 2. The Balaban J connectivity index is 2.03. The molecule has 0 radical (unpaired) electrons. The zero-order chi connectivity index (χ0) is 15.0. The minimum absolute atomic E-state index is 0.0763. The minimum atomic E-state index is -1.22. The maximum atomic E-state index is 14.1. The van der Waals surface area contributed by atoms with Crippen LogP contribution in [0, 0.1) is 17.6 Å². The van der Waals surface area contributed by atoms with Crippen LogP contribution in [0.1, 0.15) is 44.1 Å². The highest BCUT2D eigenvalue weighted by Gasteiger charge is 2.46. The highest BCUT2D eigenvalue weighted by atomic mass is 19.1. The van der Waals surface area contributed by atoms with Crippen molar-refractivity contribution in [1.29, 1.82) is 0 Å². The SMILES string of the molecule is O=C(O)C1(c2cc(F)cc(F)c2OCC2CC2)CCCC1. The fourth-order valence-corrected chi connectivity index (χ4v) is 3.13.